The normalized spacial score (nSPS) is 18.2. The van der Waals surface area contributed by atoms with Gasteiger partial charge in [0.25, 0.3) is 0 Å². The number of likely N-dealkylation sites (N-methyl/N-ethyl adjacent to an activating group) is 1. The van der Waals surface area contributed by atoms with E-state index >= 15 is 0 Å². The van der Waals surface area contributed by atoms with Crippen LogP contribution >= 0.6 is 0 Å². The van der Waals surface area contributed by atoms with E-state index in [1.807, 2.05) is 6.07 Å². The van der Waals surface area contributed by atoms with Gasteiger partial charge in [-0.3, -0.25) is 4.79 Å². The summed E-state index contributed by atoms with van der Waals surface area (Å²) in [5.74, 6) is -0.00366. The van der Waals surface area contributed by atoms with E-state index in [0.29, 0.717) is 6.04 Å². The maximum absolute atomic E-state index is 11.1. The molecule has 1 aromatic rings. The molecule has 1 aliphatic rings. The number of amides is 1. The van der Waals surface area contributed by atoms with Crippen LogP contribution in [0.2, 0.25) is 0 Å². The minimum absolute atomic E-state index is 0.00366. The fourth-order valence-corrected chi connectivity index (χ4v) is 3.07. The molecule has 1 amide bonds. The zero-order valence-corrected chi connectivity index (χ0v) is 12.2. The average Bonchev–Trinajstić information content (AvgIpc) is 2.39. The number of carbonyl (C=O) groups excluding carboxylic acids is 1. The summed E-state index contributed by atoms with van der Waals surface area (Å²) in [4.78, 5) is 13.7. The molecular formula is C16H24N2O. The topological polar surface area (TPSA) is 32.3 Å². The minimum atomic E-state index is -0.00366. The molecule has 1 aromatic carbocycles. The van der Waals surface area contributed by atoms with E-state index in [-0.39, 0.29) is 5.91 Å². The SMILES string of the molecule is CCN(CC)C1CCc2ccc(NC(C)=O)cc2C1. The van der Waals surface area contributed by atoms with Crippen LogP contribution in [0.4, 0.5) is 5.69 Å². The number of hydrogen-bond acceptors (Lipinski definition) is 2. The number of carbonyl (C=O) groups is 1. The van der Waals surface area contributed by atoms with Crippen LogP contribution in [0.25, 0.3) is 0 Å². The second-order valence-corrected chi connectivity index (χ2v) is 5.28. The molecule has 1 N–H and O–H groups in total. The van der Waals surface area contributed by atoms with Gasteiger partial charge in [-0.25, -0.2) is 0 Å². The quantitative estimate of drug-likeness (QED) is 0.903. The molecule has 0 radical (unpaired) electrons. The highest BCUT2D eigenvalue weighted by Crippen LogP contribution is 2.27. The molecule has 0 spiro atoms. The fraction of sp³-hybridized carbons (Fsp3) is 0.562. The highest BCUT2D eigenvalue weighted by molar-refractivity contribution is 5.88. The summed E-state index contributed by atoms with van der Waals surface area (Å²) in [6.07, 6.45) is 3.50. The summed E-state index contributed by atoms with van der Waals surface area (Å²) < 4.78 is 0. The molecule has 1 aliphatic carbocycles. The average molecular weight is 260 g/mol. The van der Waals surface area contributed by atoms with Crippen molar-refractivity contribution in [2.24, 2.45) is 0 Å². The summed E-state index contributed by atoms with van der Waals surface area (Å²) in [5.41, 5.74) is 3.76. The lowest BCUT2D eigenvalue weighted by atomic mass is 9.87. The van der Waals surface area contributed by atoms with Crippen molar-refractivity contribution in [3.8, 4) is 0 Å². The third-order valence-electron chi connectivity index (χ3n) is 4.06. The van der Waals surface area contributed by atoms with Gasteiger partial charge in [0, 0.05) is 18.7 Å². The third-order valence-corrected chi connectivity index (χ3v) is 4.06. The Balaban J connectivity index is 2.15. The van der Waals surface area contributed by atoms with Gasteiger partial charge in [-0.15, -0.1) is 0 Å². The number of nitrogens with zero attached hydrogens (tertiary/aromatic N) is 1. The lowest BCUT2D eigenvalue weighted by Crippen LogP contribution is -2.39. The van der Waals surface area contributed by atoms with E-state index in [1.54, 1.807) is 6.92 Å². The fourth-order valence-electron chi connectivity index (χ4n) is 3.07. The van der Waals surface area contributed by atoms with E-state index in [0.717, 1.165) is 31.6 Å². The summed E-state index contributed by atoms with van der Waals surface area (Å²) in [6, 6.07) is 6.97. The Hall–Kier alpha value is -1.35. The first kappa shape index (κ1) is 14.1. The monoisotopic (exact) mass is 260 g/mol. The van der Waals surface area contributed by atoms with Crippen LogP contribution in [-0.4, -0.2) is 29.9 Å². The van der Waals surface area contributed by atoms with Gasteiger partial charge in [-0.05, 0) is 55.6 Å². The highest BCUT2D eigenvalue weighted by atomic mass is 16.1. The molecule has 1 atom stereocenters. The number of benzene rings is 1. The number of nitrogens with one attached hydrogen (secondary N) is 1. The van der Waals surface area contributed by atoms with Crippen molar-refractivity contribution < 1.29 is 4.79 Å². The van der Waals surface area contributed by atoms with Gasteiger partial charge >= 0.3 is 0 Å². The molecule has 0 heterocycles. The van der Waals surface area contributed by atoms with Crippen LogP contribution in [-0.2, 0) is 17.6 Å². The van der Waals surface area contributed by atoms with E-state index in [9.17, 15) is 4.79 Å². The van der Waals surface area contributed by atoms with Crippen molar-refractivity contribution in [2.75, 3.05) is 18.4 Å². The summed E-state index contributed by atoms with van der Waals surface area (Å²) in [6.45, 7) is 8.24. The predicted molar refractivity (Wildman–Crippen MR) is 79.5 cm³/mol. The van der Waals surface area contributed by atoms with Crippen molar-refractivity contribution in [2.45, 2.75) is 46.1 Å². The molecule has 3 nitrogen and oxygen atoms in total. The molecule has 104 valence electrons. The lowest BCUT2D eigenvalue weighted by Gasteiger charge is -2.34. The number of hydrogen-bond donors (Lipinski definition) is 1. The molecule has 0 aliphatic heterocycles. The first-order valence-electron chi connectivity index (χ1n) is 7.27. The second-order valence-electron chi connectivity index (χ2n) is 5.28. The van der Waals surface area contributed by atoms with Crippen LogP contribution in [0.5, 0.6) is 0 Å². The number of rotatable bonds is 4. The smallest absolute Gasteiger partial charge is 0.221 e. The van der Waals surface area contributed by atoms with Gasteiger partial charge in [-0.2, -0.15) is 0 Å². The standard InChI is InChI=1S/C16H24N2O/c1-4-18(5-2)16-9-7-13-6-8-15(17-12(3)19)10-14(13)11-16/h6,8,10,16H,4-5,7,9,11H2,1-3H3,(H,17,19). The van der Waals surface area contributed by atoms with Crippen LogP contribution in [0.1, 0.15) is 38.3 Å². The Labute approximate surface area is 116 Å². The molecule has 0 saturated carbocycles. The molecule has 0 fully saturated rings. The van der Waals surface area contributed by atoms with Gasteiger partial charge in [0.2, 0.25) is 5.91 Å². The first-order valence-corrected chi connectivity index (χ1v) is 7.27. The van der Waals surface area contributed by atoms with Gasteiger partial charge in [0.15, 0.2) is 0 Å². The number of fused-ring (bicyclic) bond motifs is 1. The maximum Gasteiger partial charge on any atom is 0.221 e. The number of anilines is 1. The predicted octanol–water partition coefficient (Wildman–Crippen LogP) is 2.84. The summed E-state index contributed by atoms with van der Waals surface area (Å²) >= 11 is 0. The van der Waals surface area contributed by atoms with Crippen LogP contribution in [0, 0.1) is 0 Å². The Morgan fingerprint density at radius 2 is 2.05 bits per heavy atom. The number of aryl methyl sites for hydroxylation is 1. The Morgan fingerprint density at radius 1 is 1.32 bits per heavy atom. The molecule has 0 bridgehead atoms. The molecule has 3 heteroatoms. The Bertz CT molecular complexity index is 452. The van der Waals surface area contributed by atoms with Crippen LogP contribution < -0.4 is 5.32 Å². The largest absolute Gasteiger partial charge is 0.326 e. The zero-order valence-electron chi connectivity index (χ0n) is 12.2. The van der Waals surface area contributed by atoms with E-state index in [1.165, 1.54) is 17.5 Å². The molecule has 1 unspecified atom stereocenters. The Kier molecular flexibility index (Phi) is 4.59. The van der Waals surface area contributed by atoms with Gasteiger partial charge in [0.05, 0.1) is 0 Å². The molecule has 0 aromatic heterocycles. The third kappa shape index (κ3) is 3.35. The summed E-state index contributed by atoms with van der Waals surface area (Å²) in [5, 5.41) is 2.87. The van der Waals surface area contributed by atoms with Crippen LogP contribution in [0.3, 0.4) is 0 Å². The maximum atomic E-state index is 11.1. The molecule has 0 saturated heterocycles. The van der Waals surface area contributed by atoms with E-state index in [4.69, 9.17) is 0 Å². The van der Waals surface area contributed by atoms with E-state index in [2.05, 4.69) is 36.2 Å². The van der Waals surface area contributed by atoms with Crippen LogP contribution in [0.15, 0.2) is 18.2 Å². The van der Waals surface area contributed by atoms with Crippen molar-refractivity contribution in [1.29, 1.82) is 0 Å². The van der Waals surface area contributed by atoms with Crippen molar-refractivity contribution in [1.82, 2.24) is 4.90 Å². The van der Waals surface area contributed by atoms with Crippen molar-refractivity contribution in [3.63, 3.8) is 0 Å². The van der Waals surface area contributed by atoms with Crippen molar-refractivity contribution >= 4 is 11.6 Å². The van der Waals surface area contributed by atoms with E-state index < -0.39 is 0 Å². The first-order chi connectivity index (χ1) is 9.13. The molecule has 2 rings (SSSR count). The van der Waals surface area contributed by atoms with Crippen molar-refractivity contribution in [3.05, 3.63) is 29.3 Å². The minimum Gasteiger partial charge on any atom is -0.326 e. The second kappa shape index (κ2) is 6.20. The van der Waals surface area contributed by atoms with Gasteiger partial charge in [0.1, 0.15) is 0 Å². The summed E-state index contributed by atoms with van der Waals surface area (Å²) in [7, 11) is 0. The highest BCUT2D eigenvalue weighted by Gasteiger charge is 2.22. The van der Waals surface area contributed by atoms with Gasteiger partial charge < -0.3 is 10.2 Å². The lowest BCUT2D eigenvalue weighted by molar-refractivity contribution is -0.114. The molecular weight excluding hydrogens is 236 g/mol. The Morgan fingerprint density at radius 3 is 2.68 bits per heavy atom. The zero-order chi connectivity index (χ0) is 13.8. The van der Waals surface area contributed by atoms with Gasteiger partial charge in [-0.1, -0.05) is 19.9 Å². The molecule has 19 heavy (non-hydrogen) atoms.